The molecule has 0 radical (unpaired) electrons. The Hall–Kier alpha value is -3.06. The van der Waals surface area contributed by atoms with Gasteiger partial charge in [0.15, 0.2) is 5.69 Å². The fourth-order valence-corrected chi connectivity index (χ4v) is 3.24. The molecule has 7 heteroatoms. The van der Waals surface area contributed by atoms with E-state index >= 15 is 0 Å². The van der Waals surface area contributed by atoms with E-state index in [9.17, 15) is 9.59 Å². The fourth-order valence-electron chi connectivity index (χ4n) is 2.62. The third kappa shape index (κ3) is 3.34. The first-order chi connectivity index (χ1) is 12.5. The molecule has 2 N–H and O–H groups in total. The summed E-state index contributed by atoms with van der Waals surface area (Å²) >= 11 is 1.55. The van der Waals surface area contributed by atoms with Gasteiger partial charge in [-0.25, -0.2) is 4.68 Å². The second kappa shape index (κ2) is 7.45. The highest BCUT2D eigenvalue weighted by atomic mass is 32.2. The second-order valence-electron chi connectivity index (χ2n) is 5.56. The second-order valence-corrected chi connectivity index (χ2v) is 6.41. The van der Waals surface area contributed by atoms with Crippen molar-refractivity contribution in [2.45, 2.75) is 4.90 Å². The highest BCUT2D eigenvalue weighted by Crippen LogP contribution is 2.28. The molecule has 2 amide bonds. The first-order valence-electron chi connectivity index (χ1n) is 7.89. The highest BCUT2D eigenvalue weighted by molar-refractivity contribution is 7.98. The van der Waals surface area contributed by atoms with Crippen molar-refractivity contribution in [1.82, 2.24) is 9.78 Å². The Balaban J connectivity index is 2.01. The van der Waals surface area contributed by atoms with Crippen molar-refractivity contribution < 1.29 is 9.59 Å². The minimum Gasteiger partial charge on any atom is -0.364 e. The number of para-hydroxylation sites is 2. The standard InChI is InChI=1S/C19H18N4O2S/c1-22(15-10-6-7-11-17(15)26-2)19(25)14-12-16(18(20)24)23(21-14)13-8-4-3-5-9-13/h3-12H,1-2H3,(H2,20,24). The summed E-state index contributed by atoms with van der Waals surface area (Å²) in [5.74, 6) is -0.962. The third-order valence-corrected chi connectivity index (χ3v) is 4.72. The van der Waals surface area contributed by atoms with E-state index in [1.165, 1.54) is 15.6 Å². The zero-order valence-electron chi connectivity index (χ0n) is 14.4. The molecule has 0 aliphatic rings. The van der Waals surface area contributed by atoms with Gasteiger partial charge in [-0.1, -0.05) is 30.3 Å². The van der Waals surface area contributed by atoms with E-state index in [2.05, 4.69) is 5.10 Å². The molecule has 3 rings (SSSR count). The van der Waals surface area contributed by atoms with Gasteiger partial charge in [0.05, 0.1) is 11.4 Å². The SMILES string of the molecule is CSc1ccccc1N(C)C(=O)c1cc(C(N)=O)n(-c2ccccc2)n1. The van der Waals surface area contributed by atoms with Gasteiger partial charge >= 0.3 is 0 Å². The number of amides is 2. The van der Waals surface area contributed by atoms with E-state index in [4.69, 9.17) is 5.73 Å². The van der Waals surface area contributed by atoms with Crippen molar-refractivity contribution in [3.05, 3.63) is 72.1 Å². The topological polar surface area (TPSA) is 81.2 Å². The van der Waals surface area contributed by atoms with Crippen LogP contribution in [0.2, 0.25) is 0 Å². The van der Waals surface area contributed by atoms with Crippen molar-refractivity contribution >= 4 is 29.3 Å². The molecule has 0 bridgehead atoms. The average Bonchev–Trinajstić information content (AvgIpc) is 3.13. The summed E-state index contributed by atoms with van der Waals surface area (Å²) in [5, 5.41) is 4.32. The van der Waals surface area contributed by atoms with Crippen LogP contribution < -0.4 is 10.6 Å². The number of benzene rings is 2. The van der Waals surface area contributed by atoms with Crippen LogP contribution in [0.15, 0.2) is 65.6 Å². The fraction of sp³-hybridized carbons (Fsp3) is 0.105. The molecule has 0 aliphatic heterocycles. The first kappa shape index (κ1) is 17.8. The smallest absolute Gasteiger partial charge is 0.278 e. The molecule has 0 aliphatic carbocycles. The molecule has 0 saturated carbocycles. The van der Waals surface area contributed by atoms with E-state index in [-0.39, 0.29) is 17.3 Å². The normalized spacial score (nSPS) is 10.5. The largest absolute Gasteiger partial charge is 0.364 e. The lowest BCUT2D eigenvalue weighted by atomic mass is 10.2. The van der Waals surface area contributed by atoms with Crippen LogP contribution in [0, 0.1) is 0 Å². The van der Waals surface area contributed by atoms with Crippen LogP contribution in [0.25, 0.3) is 5.69 Å². The summed E-state index contributed by atoms with van der Waals surface area (Å²) in [6, 6.07) is 18.1. The molecule has 6 nitrogen and oxygen atoms in total. The van der Waals surface area contributed by atoms with Gasteiger partial charge in [-0.15, -0.1) is 11.8 Å². The maximum Gasteiger partial charge on any atom is 0.278 e. The molecule has 1 heterocycles. The van der Waals surface area contributed by atoms with Gasteiger partial charge < -0.3 is 10.6 Å². The summed E-state index contributed by atoms with van der Waals surface area (Å²) in [6.45, 7) is 0. The minimum absolute atomic E-state index is 0.154. The van der Waals surface area contributed by atoms with Gasteiger partial charge in [0.2, 0.25) is 0 Å². The van der Waals surface area contributed by atoms with Crippen LogP contribution in [0.4, 0.5) is 5.69 Å². The van der Waals surface area contributed by atoms with Crippen molar-refractivity contribution in [3.8, 4) is 5.69 Å². The predicted octanol–water partition coefficient (Wildman–Crippen LogP) is 2.97. The monoisotopic (exact) mass is 366 g/mol. The van der Waals surface area contributed by atoms with Crippen LogP contribution in [0.1, 0.15) is 21.0 Å². The van der Waals surface area contributed by atoms with Gasteiger partial charge in [-0.05, 0) is 30.5 Å². The number of carbonyl (C=O) groups excluding carboxylic acids is 2. The van der Waals surface area contributed by atoms with Gasteiger partial charge in [0, 0.05) is 18.0 Å². The van der Waals surface area contributed by atoms with Crippen molar-refractivity contribution in [3.63, 3.8) is 0 Å². The molecule has 0 unspecified atom stereocenters. The van der Waals surface area contributed by atoms with Crippen LogP contribution >= 0.6 is 11.8 Å². The van der Waals surface area contributed by atoms with Crippen LogP contribution in [0.3, 0.4) is 0 Å². The molecule has 2 aromatic carbocycles. The number of nitrogens with two attached hydrogens (primary N) is 1. The lowest BCUT2D eigenvalue weighted by molar-refractivity contribution is 0.0983. The highest BCUT2D eigenvalue weighted by Gasteiger charge is 2.22. The molecular formula is C19H18N4O2S. The number of hydrogen-bond acceptors (Lipinski definition) is 4. The molecular weight excluding hydrogens is 348 g/mol. The Morgan fingerprint density at radius 3 is 2.38 bits per heavy atom. The quantitative estimate of drug-likeness (QED) is 0.704. The van der Waals surface area contributed by atoms with Gasteiger partial charge in [0.25, 0.3) is 11.8 Å². The molecule has 0 fully saturated rings. The number of anilines is 1. The number of hydrogen-bond donors (Lipinski definition) is 1. The Kier molecular flexibility index (Phi) is 5.09. The van der Waals surface area contributed by atoms with E-state index in [0.717, 1.165) is 10.6 Å². The first-order valence-corrected chi connectivity index (χ1v) is 9.11. The Bertz CT molecular complexity index is 953. The predicted molar refractivity (Wildman–Crippen MR) is 103 cm³/mol. The zero-order chi connectivity index (χ0) is 18.7. The molecule has 3 aromatic rings. The van der Waals surface area contributed by atoms with E-state index in [1.54, 1.807) is 30.9 Å². The Labute approximate surface area is 155 Å². The summed E-state index contributed by atoms with van der Waals surface area (Å²) in [4.78, 5) is 27.2. The molecule has 26 heavy (non-hydrogen) atoms. The Morgan fingerprint density at radius 2 is 1.73 bits per heavy atom. The number of carbonyl (C=O) groups is 2. The van der Waals surface area contributed by atoms with Crippen molar-refractivity contribution in [2.75, 3.05) is 18.2 Å². The van der Waals surface area contributed by atoms with Crippen molar-refractivity contribution in [1.29, 1.82) is 0 Å². The van der Waals surface area contributed by atoms with Crippen LogP contribution in [-0.2, 0) is 0 Å². The van der Waals surface area contributed by atoms with Gasteiger partial charge in [-0.2, -0.15) is 5.10 Å². The number of primary amides is 1. The molecule has 1 aromatic heterocycles. The summed E-state index contributed by atoms with van der Waals surface area (Å²) in [6.07, 6.45) is 1.95. The Morgan fingerprint density at radius 1 is 1.08 bits per heavy atom. The molecule has 0 atom stereocenters. The maximum atomic E-state index is 12.9. The summed E-state index contributed by atoms with van der Waals surface area (Å²) in [7, 11) is 1.68. The van der Waals surface area contributed by atoms with Crippen molar-refractivity contribution in [2.24, 2.45) is 5.73 Å². The number of aromatic nitrogens is 2. The zero-order valence-corrected chi connectivity index (χ0v) is 15.2. The number of nitrogens with zero attached hydrogens (tertiary/aromatic N) is 3. The summed E-state index contributed by atoms with van der Waals surface area (Å²) < 4.78 is 1.39. The maximum absolute atomic E-state index is 12.9. The van der Waals surface area contributed by atoms with Crippen LogP contribution in [-0.4, -0.2) is 34.9 Å². The number of thioether (sulfide) groups is 1. The van der Waals surface area contributed by atoms with Gasteiger partial charge in [0.1, 0.15) is 5.69 Å². The lowest BCUT2D eigenvalue weighted by Crippen LogP contribution is -2.27. The molecule has 0 spiro atoms. The number of rotatable bonds is 5. The van der Waals surface area contributed by atoms with E-state index < -0.39 is 5.91 Å². The van der Waals surface area contributed by atoms with Crippen LogP contribution in [0.5, 0.6) is 0 Å². The molecule has 132 valence electrons. The lowest BCUT2D eigenvalue weighted by Gasteiger charge is -2.18. The summed E-state index contributed by atoms with van der Waals surface area (Å²) in [5.41, 5.74) is 7.22. The van der Waals surface area contributed by atoms with E-state index in [1.807, 2.05) is 48.7 Å². The van der Waals surface area contributed by atoms with Gasteiger partial charge in [-0.3, -0.25) is 9.59 Å². The molecule has 0 saturated heterocycles. The minimum atomic E-state index is -0.646. The average molecular weight is 366 g/mol. The van der Waals surface area contributed by atoms with E-state index in [0.29, 0.717) is 5.69 Å². The third-order valence-electron chi connectivity index (χ3n) is 3.93.